The minimum Gasteiger partial charge on any atom is -0.493 e. The molecule has 0 atom stereocenters. The fourth-order valence-corrected chi connectivity index (χ4v) is 2.31. The Morgan fingerprint density at radius 3 is 2.30 bits per heavy atom. The number of rotatable bonds is 4. The van der Waals surface area contributed by atoms with E-state index in [1.807, 2.05) is 43.3 Å². The Kier molecular flexibility index (Phi) is 3.89. The molecule has 0 bridgehead atoms. The van der Waals surface area contributed by atoms with Gasteiger partial charge in [0.15, 0.2) is 17.3 Å². The molecule has 6 nitrogen and oxygen atoms in total. The van der Waals surface area contributed by atoms with Gasteiger partial charge in [-0.05, 0) is 43.3 Å². The molecule has 118 valence electrons. The van der Waals surface area contributed by atoms with Crippen LogP contribution in [0.3, 0.4) is 0 Å². The fourth-order valence-electron chi connectivity index (χ4n) is 2.31. The number of aromatic nitrogens is 2. The van der Waals surface area contributed by atoms with Gasteiger partial charge in [-0.3, -0.25) is 0 Å². The highest BCUT2D eigenvalue weighted by Gasteiger charge is 2.12. The van der Waals surface area contributed by atoms with Crippen LogP contribution in [0.15, 0.2) is 40.8 Å². The van der Waals surface area contributed by atoms with Crippen LogP contribution in [0.5, 0.6) is 11.5 Å². The zero-order valence-electron chi connectivity index (χ0n) is 13.2. The molecular weight excluding hydrogens is 294 g/mol. The fraction of sp³-hybridized carbons (Fsp3) is 0.176. The summed E-state index contributed by atoms with van der Waals surface area (Å²) in [5.41, 5.74) is 8.01. The number of hydrogen-bond donors (Lipinski definition) is 1. The van der Waals surface area contributed by atoms with Crippen molar-refractivity contribution in [3.63, 3.8) is 0 Å². The molecule has 0 saturated heterocycles. The van der Waals surface area contributed by atoms with Gasteiger partial charge in [0.25, 0.3) is 0 Å². The molecule has 0 saturated carbocycles. The zero-order chi connectivity index (χ0) is 16.4. The van der Waals surface area contributed by atoms with Gasteiger partial charge in [-0.1, -0.05) is 0 Å². The van der Waals surface area contributed by atoms with Crippen molar-refractivity contribution in [3.8, 4) is 34.2 Å². The lowest BCUT2D eigenvalue weighted by Crippen LogP contribution is -1.99. The van der Waals surface area contributed by atoms with Crippen molar-refractivity contribution in [2.24, 2.45) is 0 Å². The van der Waals surface area contributed by atoms with E-state index in [0.29, 0.717) is 28.6 Å². The van der Waals surface area contributed by atoms with Crippen molar-refractivity contribution in [2.75, 3.05) is 20.0 Å². The summed E-state index contributed by atoms with van der Waals surface area (Å²) < 4.78 is 16.2. The molecule has 0 aliphatic carbocycles. The first kappa shape index (κ1) is 14.9. The normalized spacial score (nSPS) is 10.6. The Labute approximate surface area is 133 Å². The van der Waals surface area contributed by atoms with Crippen LogP contribution >= 0.6 is 0 Å². The number of methoxy groups -OCH3 is 2. The van der Waals surface area contributed by atoms with Gasteiger partial charge in [-0.2, -0.15) is 0 Å². The van der Waals surface area contributed by atoms with E-state index in [1.54, 1.807) is 14.2 Å². The number of nitrogen functional groups attached to an aromatic ring is 1. The lowest BCUT2D eigenvalue weighted by Gasteiger charge is -2.10. The number of aryl methyl sites for hydroxylation is 1. The Morgan fingerprint density at radius 2 is 1.65 bits per heavy atom. The van der Waals surface area contributed by atoms with Gasteiger partial charge >= 0.3 is 0 Å². The molecule has 2 aromatic heterocycles. The van der Waals surface area contributed by atoms with Crippen LogP contribution in [-0.4, -0.2) is 24.2 Å². The average Bonchev–Trinajstić information content (AvgIpc) is 3.00. The maximum Gasteiger partial charge on any atom is 0.221 e. The summed E-state index contributed by atoms with van der Waals surface area (Å²) >= 11 is 0. The molecule has 2 heterocycles. The van der Waals surface area contributed by atoms with Crippen LogP contribution in [0, 0.1) is 6.92 Å². The predicted octanol–water partition coefficient (Wildman–Crippen LogP) is 3.31. The highest BCUT2D eigenvalue weighted by atomic mass is 16.5. The minimum absolute atomic E-state index is 0.182. The molecule has 0 amide bonds. The van der Waals surface area contributed by atoms with Gasteiger partial charge in [0.05, 0.1) is 19.9 Å². The number of ether oxygens (including phenoxy) is 2. The maximum atomic E-state index is 5.85. The summed E-state index contributed by atoms with van der Waals surface area (Å²) in [7, 11) is 3.19. The van der Waals surface area contributed by atoms with Gasteiger partial charge in [-0.25, -0.2) is 9.97 Å². The van der Waals surface area contributed by atoms with Crippen LogP contribution in [-0.2, 0) is 0 Å². The summed E-state index contributed by atoms with van der Waals surface area (Å²) in [6.45, 7) is 1.88. The second kappa shape index (κ2) is 6.00. The minimum atomic E-state index is 0.182. The van der Waals surface area contributed by atoms with Crippen LogP contribution in [0.1, 0.15) is 5.76 Å². The molecule has 0 spiro atoms. The van der Waals surface area contributed by atoms with E-state index in [-0.39, 0.29) is 5.95 Å². The topological polar surface area (TPSA) is 83.4 Å². The van der Waals surface area contributed by atoms with Gasteiger partial charge in [0.1, 0.15) is 11.5 Å². The van der Waals surface area contributed by atoms with Crippen molar-refractivity contribution in [1.82, 2.24) is 9.97 Å². The third-order valence-electron chi connectivity index (χ3n) is 3.42. The van der Waals surface area contributed by atoms with E-state index in [2.05, 4.69) is 9.97 Å². The summed E-state index contributed by atoms with van der Waals surface area (Å²) in [6.07, 6.45) is 0. The van der Waals surface area contributed by atoms with Crippen molar-refractivity contribution < 1.29 is 13.9 Å². The van der Waals surface area contributed by atoms with Crippen LogP contribution in [0.2, 0.25) is 0 Å². The second-order valence-electron chi connectivity index (χ2n) is 4.98. The molecule has 0 unspecified atom stereocenters. The summed E-state index contributed by atoms with van der Waals surface area (Å²) in [6, 6.07) is 11.1. The standard InChI is InChI=1S/C17H17N3O3/c1-10-4-6-14(23-10)13-9-12(19-17(18)20-13)11-5-7-15(21-2)16(8-11)22-3/h4-9H,1-3H3,(H2,18,19,20). The number of furan rings is 1. The molecule has 2 N–H and O–H groups in total. The van der Waals surface area contributed by atoms with Crippen LogP contribution < -0.4 is 15.2 Å². The van der Waals surface area contributed by atoms with Crippen LogP contribution in [0.4, 0.5) is 5.95 Å². The van der Waals surface area contributed by atoms with Crippen molar-refractivity contribution in [3.05, 3.63) is 42.2 Å². The first-order valence-corrected chi connectivity index (χ1v) is 7.04. The Balaban J connectivity index is 2.08. The zero-order valence-corrected chi connectivity index (χ0v) is 13.2. The average molecular weight is 311 g/mol. The molecule has 3 rings (SSSR count). The van der Waals surface area contributed by atoms with Gasteiger partial charge in [-0.15, -0.1) is 0 Å². The number of nitrogens with two attached hydrogens (primary N) is 1. The lowest BCUT2D eigenvalue weighted by atomic mass is 10.1. The van der Waals surface area contributed by atoms with Crippen molar-refractivity contribution in [1.29, 1.82) is 0 Å². The molecule has 23 heavy (non-hydrogen) atoms. The largest absolute Gasteiger partial charge is 0.493 e. The lowest BCUT2D eigenvalue weighted by molar-refractivity contribution is 0.355. The molecule has 0 fully saturated rings. The highest BCUT2D eigenvalue weighted by Crippen LogP contribution is 2.33. The Bertz CT molecular complexity index is 843. The Hall–Kier alpha value is -3.02. The quantitative estimate of drug-likeness (QED) is 0.796. The van der Waals surface area contributed by atoms with E-state index < -0.39 is 0 Å². The highest BCUT2D eigenvalue weighted by molar-refractivity contribution is 5.69. The number of hydrogen-bond acceptors (Lipinski definition) is 6. The smallest absolute Gasteiger partial charge is 0.221 e. The first-order valence-electron chi connectivity index (χ1n) is 7.04. The SMILES string of the molecule is COc1ccc(-c2cc(-c3ccc(C)o3)nc(N)n2)cc1OC. The van der Waals surface area contributed by atoms with E-state index in [0.717, 1.165) is 11.3 Å². The first-order chi connectivity index (χ1) is 11.1. The van der Waals surface area contributed by atoms with E-state index in [4.69, 9.17) is 19.6 Å². The molecule has 0 aliphatic rings. The summed E-state index contributed by atoms with van der Waals surface area (Å²) in [4.78, 5) is 8.53. The van der Waals surface area contributed by atoms with E-state index in [1.165, 1.54) is 0 Å². The summed E-state index contributed by atoms with van der Waals surface area (Å²) in [5, 5.41) is 0. The van der Waals surface area contributed by atoms with Crippen molar-refractivity contribution in [2.45, 2.75) is 6.92 Å². The van der Waals surface area contributed by atoms with Gasteiger partial charge in [0, 0.05) is 5.56 Å². The van der Waals surface area contributed by atoms with E-state index >= 15 is 0 Å². The summed E-state index contributed by atoms with van der Waals surface area (Å²) in [5.74, 6) is 2.92. The van der Waals surface area contributed by atoms with E-state index in [9.17, 15) is 0 Å². The molecule has 6 heteroatoms. The molecular formula is C17H17N3O3. The van der Waals surface area contributed by atoms with Gasteiger partial charge < -0.3 is 19.6 Å². The predicted molar refractivity (Wildman–Crippen MR) is 87.4 cm³/mol. The number of anilines is 1. The third-order valence-corrected chi connectivity index (χ3v) is 3.42. The number of benzene rings is 1. The van der Waals surface area contributed by atoms with Gasteiger partial charge in [0.2, 0.25) is 5.95 Å². The third kappa shape index (κ3) is 2.96. The molecule has 1 aromatic carbocycles. The monoisotopic (exact) mass is 311 g/mol. The Morgan fingerprint density at radius 1 is 0.913 bits per heavy atom. The molecule has 3 aromatic rings. The maximum absolute atomic E-state index is 5.85. The van der Waals surface area contributed by atoms with Crippen molar-refractivity contribution >= 4 is 5.95 Å². The second-order valence-corrected chi connectivity index (χ2v) is 4.98. The molecule has 0 aliphatic heterocycles. The molecule has 0 radical (unpaired) electrons. The van der Waals surface area contributed by atoms with Crippen LogP contribution in [0.25, 0.3) is 22.7 Å². The number of nitrogens with zero attached hydrogens (tertiary/aromatic N) is 2.